The number of amides is 2. The minimum atomic E-state index is -0.539. The molecule has 6 nitrogen and oxygen atoms in total. The van der Waals surface area contributed by atoms with Gasteiger partial charge >= 0.3 is 0 Å². The average Bonchev–Trinajstić information content (AvgIpc) is 2.96. The molecule has 0 aromatic heterocycles. The van der Waals surface area contributed by atoms with Crippen LogP contribution in [0.15, 0.2) is 109 Å². The lowest BCUT2D eigenvalue weighted by Gasteiger charge is -2.36. The van der Waals surface area contributed by atoms with Gasteiger partial charge in [0.25, 0.3) is 11.8 Å². The number of carbonyl (C=O) groups excluding carboxylic acids is 2. The van der Waals surface area contributed by atoms with Crippen molar-refractivity contribution in [2.24, 2.45) is 0 Å². The number of para-hydroxylation sites is 2. The summed E-state index contributed by atoms with van der Waals surface area (Å²) in [4.78, 5) is 30.2. The van der Waals surface area contributed by atoms with Crippen molar-refractivity contribution in [3.8, 4) is 11.5 Å². The van der Waals surface area contributed by atoms with Crippen molar-refractivity contribution >= 4 is 58.2 Å². The molecule has 1 aliphatic heterocycles. The highest BCUT2D eigenvalue weighted by Crippen LogP contribution is 2.38. The Labute approximate surface area is 236 Å². The van der Waals surface area contributed by atoms with Crippen LogP contribution in [0, 0.1) is 0 Å². The third-order valence-corrected chi connectivity index (χ3v) is 6.71. The van der Waals surface area contributed by atoms with Crippen LogP contribution in [0.4, 0.5) is 11.4 Å². The number of methoxy groups -OCH3 is 1. The Morgan fingerprint density at radius 1 is 0.795 bits per heavy atom. The van der Waals surface area contributed by atoms with Gasteiger partial charge in [0.05, 0.1) is 23.5 Å². The van der Waals surface area contributed by atoms with Crippen molar-refractivity contribution in [3.05, 3.63) is 125 Å². The Bertz CT molecular complexity index is 1500. The van der Waals surface area contributed by atoms with Gasteiger partial charge in [0, 0.05) is 0 Å². The smallest absolute Gasteiger partial charge is 0.270 e. The van der Waals surface area contributed by atoms with Gasteiger partial charge in [0.2, 0.25) is 0 Å². The standard InChI is InChI=1S/C31H23ClN2O4S/c1-37-27-19-22(18-26(32)28(27)38-20-21-11-5-2-6-12-21)17-25-29(35)33(23-13-7-3-8-14-23)31(39)34(30(25)36)24-15-9-4-10-16-24/h2-19H,20H2,1H3. The quantitative estimate of drug-likeness (QED) is 0.145. The molecule has 5 rings (SSSR count). The molecular formula is C31H23ClN2O4S. The summed E-state index contributed by atoms with van der Waals surface area (Å²) in [6.07, 6.45) is 1.49. The van der Waals surface area contributed by atoms with Crippen molar-refractivity contribution in [1.29, 1.82) is 0 Å². The molecule has 0 aliphatic carbocycles. The van der Waals surface area contributed by atoms with E-state index in [4.69, 9.17) is 33.3 Å². The molecule has 1 heterocycles. The summed E-state index contributed by atoms with van der Waals surface area (Å²) in [7, 11) is 1.50. The van der Waals surface area contributed by atoms with E-state index in [1.165, 1.54) is 23.0 Å². The van der Waals surface area contributed by atoms with E-state index in [2.05, 4.69) is 0 Å². The Balaban J connectivity index is 1.55. The highest BCUT2D eigenvalue weighted by Gasteiger charge is 2.41. The molecule has 0 unspecified atom stereocenters. The minimum absolute atomic E-state index is 0.0693. The fourth-order valence-electron chi connectivity index (χ4n) is 4.20. The van der Waals surface area contributed by atoms with Crippen molar-refractivity contribution in [2.75, 3.05) is 16.9 Å². The number of benzene rings is 4. The van der Waals surface area contributed by atoms with E-state index in [9.17, 15) is 9.59 Å². The Kier molecular flexibility index (Phi) is 7.72. The van der Waals surface area contributed by atoms with Crippen molar-refractivity contribution in [2.45, 2.75) is 6.61 Å². The first-order valence-electron chi connectivity index (χ1n) is 12.1. The van der Waals surface area contributed by atoms with E-state index in [0.29, 0.717) is 35.0 Å². The maximum absolute atomic E-state index is 13.7. The van der Waals surface area contributed by atoms with Gasteiger partial charge in [0.15, 0.2) is 16.6 Å². The molecule has 1 saturated heterocycles. The molecule has 1 aliphatic rings. The second-order valence-corrected chi connectivity index (χ2v) is 9.37. The van der Waals surface area contributed by atoms with Gasteiger partial charge in [-0.2, -0.15) is 0 Å². The normalized spacial score (nSPS) is 13.5. The van der Waals surface area contributed by atoms with Crippen LogP contribution in [0.3, 0.4) is 0 Å². The van der Waals surface area contributed by atoms with Crippen molar-refractivity contribution < 1.29 is 19.1 Å². The molecule has 4 aromatic carbocycles. The van der Waals surface area contributed by atoms with E-state index in [1.54, 1.807) is 60.7 Å². The highest BCUT2D eigenvalue weighted by molar-refractivity contribution is 7.81. The van der Waals surface area contributed by atoms with E-state index >= 15 is 0 Å². The van der Waals surface area contributed by atoms with Gasteiger partial charge in [-0.25, -0.2) is 0 Å². The first-order chi connectivity index (χ1) is 19.0. The summed E-state index contributed by atoms with van der Waals surface area (Å²) in [6, 6.07) is 30.9. The summed E-state index contributed by atoms with van der Waals surface area (Å²) in [5, 5.41) is 0.350. The van der Waals surface area contributed by atoms with Crippen LogP contribution in [0.5, 0.6) is 11.5 Å². The first kappa shape index (κ1) is 26.2. The Morgan fingerprint density at radius 2 is 1.31 bits per heavy atom. The molecule has 2 amide bonds. The first-order valence-corrected chi connectivity index (χ1v) is 12.9. The molecule has 1 fully saturated rings. The second kappa shape index (κ2) is 11.5. The van der Waals surface area contributed by atoms with E-state index in [0.717, 1.165) is 5.56 Å². The van der Waals surface area contributed by atoms with Crippen LogP contribution in [-0.4, -0.2) is 24.0 Å². The maximum Gasteiger partial charge on any atom is 0.270 e. The zero-order chi connectivity index (χ0) is 27.4. The fraction of sp³-hybridized carbons (Fsp3) is 0.0645. The summed E-state index contributed by atoms with van der Waals surface area (Å²) in [5.41, 5.74) is 2.49. The lowest BCUT2D eigenvalue weighted by atomic mass is 10.0. The number of carbonyl (C=O) groups is 2. The van der Waals surface area contributed by atoms with Gasteiger partial charge in [-0.05, 0) is 65.8 Å². The number of nitrogens with zero attached hydrogens (tertiary/aromatic N) is 2. The SMILES string of the molecule is COc1cc(C=C2C(=O)N(c3ccccc3)C(=S)N(c3ccccc3)C2=O)cc(Cl)c1OCc1ccccc1. The van der Waals surface area contributed by atoms with E-state index in [1.807, 2.05) is 42.5 Å². The lowest BCUT2D eigenvalue weighted by Crippen LogP contribution is -2.56. The maximum atomic E-state index is 13.7. The second-order valence-electron chi connectivity index (χ2n) is 8.60. The molecule has 8 heteroatoms. The predicted octanol–water partition coefficient (Wildman–Crippen LogP) is 6.68. The summed E-state index contributed by atoms with van der Waals surface area (Å²) in [5.74, 6) is -0.341. The van der Waals surface area contributed by atoms with Crippen molar-refractivity contribution in [3.63, 3.8) is 0 Å². The number of rotatable bonds is 7. The molecule has 4 aromatic rings. The number of thiocarbonyl (C=S) groups is 1. The largest absolute Gasteiger partial charge is 0.493 e. The number of hydrogen-bond acceptors (Lipinski definition) is 5. The zero-order valence-corrected chi connectivity index (χ0v) is 22.5. The van der Waals surface area contributed by atoms with Gasteiger partial charge in [-0.1, -0.05) is 78.3 Å². The van der Waals surface area contributed by atoms with Crippen LogP contribution in [0.1, 0.15) is 11.1 Å². The monoisotopic (exact) mass is 554 g/mol. The van der Waals surface area contributed by atoms with Crippen LogP contribution in [0.25, 0.3) is 6.08 Å². The van der Waals surface area contributed by atoms with Gasteiger partial charge < -0.3 is 9.47 Å². The van der Waals surface area contributed by atoms with Crippen molar-refractivity contribution in [1.82, 2.24) is 0 Å². The van der Waals surface area contributed by atoms with Crippen LogP contribution in [-0.2, 0) is 16.2 Å². The molecule has 0 spiro atoms. The molecular weight excluding hydrogens is 532 g/mol. The highest BCUT2D eigenvalue weighted by atomic mass is 35.5. The number of hydrogen-bond donors (Lipinski definition) is 0. The molecule has 194 valence electrons. The topological polar surface area (TPSA) is 59.1 Å². The van der Waals surface area contributed by atoms with E-state index in [-0.39, 0.29) is 15.7 Å². The molecule has 0 saturated carbocycles. The van der Waals surface area contributed by atoms with Gasteiger partial charge in [-0.15, -0.1) is 0 Å². The molecule has 39 heavy (non-hydrogen) atoms. The predicted molar refractivity (Wildman–Crippen MR) is 157 cm³/mol. The van der Waals surface area contributed by atoms with Crippen LogP contribution >= 0.6 is 23.8 Å². The molecule has 0 bridgehead atoms. The average molecular weight is 555 g/mol. The molecule has 0 atom stereocenters. The fourth-order valence-corrected chi connectivity index (χ4v) is 4.85. The Hall–Kier alpha value is -4.46. The minimum Gasteiger partial charge on any atom is -0.493 e. The van der Waals surface area contributed by atoms with Gasteiger partial charge in [0.1, 0.15) is 12.2 Å². The van der Waals surface area contributed by atoms with Crippen LogP contribution in [0.2, 0.25) is 5.02 Å². The zero-order valence-electron chi connectivity index (χ0n) is 20.9. The number of halogens is 1. The molecule has 0 N–H and O–H groups in total. The van der Waals surface area contributed by atoms with Gasteiger partial charge in [-0.3, -0.25) is 19.4 Å². The summed E-state index contributed by atoms with van der Waals surface area (Å²) >= 11 is 12.3. The third kappa shape index (κ3) is 5.41. The Morgan fingerprint density at radius 3 is 1.82 bits per heavy atom. The van der Waals surface area contributed by atoms with E-state index < -0.39 is 11.8 Å². The molecule has 0 radical (unpaired) electrons. The lowest BCUT2D eigenvalue weighted by molar-refractivity contribution is -0.120. The number of anilines is 2. The summed E-state index contributed by atoms with van der Waals surface area (Å²) in [6.45, 7) is 0.295. The number of ether oxygens (including phenoxy) is 2. The summed E-state index contributed by atoms with van der Waals surface area (Å²) < 4.78 is 11.5. The van der Waals surface area contributed by atoms with Crippen LogP contribution < -0.4 is 19.3 Å². The third-order valence-electron chi connectivity index (χ3n) is 6.07.